The van der Waals surface area contributed by atoms with Gasteiger partial charge in [-0.25, -0.2) is 0 Å². The average molecular weight is 222 g/mol. The van der Waals surface area contributed by atoms with E-state index in [4.69, 9.17) is 14.2 Å². The van der Waals surface area contributed by atoms with Gasteiger partial charge in [0.1, 0.15) is 6.10 Å². The summed E-state index contributed by atoms with van der Waals surface area (Å²) >= 11 is 8.62. The predicted molar refractivity (Wildman–Crippen MR) is 55.3 cm³/mol. The highest BCUT2D eigenvalue weighted by atomic mass is 32.1. The van der Waals surface area contributed by atoms with Crippen LogP contribution in [0.1, 0.15) is 13.8 Å². The summed E-state index contributed by atoms with van der Waals surface area (Å²) in [6.45, 7) is 3.76. The summed E-state index contributed by atoms with van der Waals surface area (Å²) < 4.78 is 16.8. The Morgan fingerprint density at radius 2 is 2.00 bits per heavy atom. The van der Waals surface area contributed by atoms with Crippen molar-refractivity contribution in [2.75, 3.05) is 5.75 Å². The minimum atomic E-state index is -0.544. The molecule has 0 radical (unpaired) electrons. The Morgan fingerprint density at radius 3 is 2.54 bits per heavy atom. The Kier molecular flexibility index (Phi) is 2.57. The molecule has 0 saturated carbocycles. The first-order chi connectivity index (χ1) is 6.03. The van der Waals surface area contributed by atoms with Gasteiger partial charge in [-0.15, -0.1) is 0 Å². The third kappa shape index (κ3) is 1.72. The van der Waals surface area contributed by atoms with Gasteiger partial charge in [0.2, 0.25) is 0 Å². The largest absolute Gasteiger partial charge is 0.344 e. The van der Waals surface area contributed by atoms with Gasteiger partial charge in [0, 0.05) is 5.75 Å². The molecule has 4 atom stereocenters. The molecule has 0 spiro atoms. The van der Waals surface area contributed by atoms with E-state index in [1.807, 2.05) is 13.8 Å². The van der Waals surface area contributed by atoms with E-state index in [0.717, 1.165) is 0 Å². The molecule has 0 N–H and O–H groups in total. The molecule has 2 rings (SSSR count). The topological polar surface area (TPSA) is 27.7 Å². The Morgan fingerprint density at radius 1 is 1.31 bits per heavy atom. The van der Waals surface area contributed by atoms with Crippen molar-refractivity contribution in [1.82, 2.24) is 0 Å². The van der Waals surface area contributed by atoms with Crippen LogP contribution in [0.4, 0.5) is 0 Å². The monoisotopic (exact) mass is 222 g/mol. The molecule has 2 heterocycles. The van der Waals surface area contributed by atoms with E-state index in [-0.39, 0.29) is 23.7 Å². The van der Waals surface area contributed by atoms with Crippen LogP contribution in [0.2, 0.25) is 0 Å². The maximum absolute atomic E-state index is 5.66. The molecule has 0 bridgehead atoms. The zero-order valence-electron chi connectivity index (χ0n) is 7.64. The van der Waals surface area contributed by atoms with Crippen molar-refractivity contribution < 1.29 is 14.2 Å². The van der Waals surface area contributed by atoms with Crippen LogP contribution in [0, 0.1) is 0 Å². The van der Waals surface area contributed by atoms with Crippen molar-refractivity contribution in [2.24, 2.45) is 0 Å². The van der Waals surface area contributed by atoms with E-state index in [2.05, 4.69) is 25.3 Å². The SMILES string of the molecule is CC1(C)O[C@H]2O[C@H](CS)[C@@H](S)[C@H]2O1. The molecule has 2 saturated heterocycles. The molecule has 5 heteroatoms. The zero-order valence-corrected chi connectivity index (χ0v) is 9.42. The summed E-state index contributed by atoms with van der Waals surface area (Å²) in [6, 6.07) is 0. The van der Waals surface area contributed by atoms with E-state index in [0.29, 0.717) is 5.75 Å². The fourth-order valence-electron chi connectivity index (χ4n) is 1.71. The molecule has 13 heavy (non-hydrogen) atoms. The van der Waals surface area contributed by atoms with Crippen LogP contribution in [-0.4, -0.2) is 35.3 Å². The van der Waals surface area contributed by atoms with Gasteiger partial charge in [-0.1, -0.05) is 0 Å². The summed E-state index contributed by atoms with van der Waals surface area (Å²) in [6.07, 6.45) is -0.303. The zero-order chi connectivity index (χ0) is 9.64. The molecule has 2 aliphatic rings. The average Bonchev–Trinajstić information content (AvgIpc) is 2.47. The van der Waals surface area contributed by atoms with E-state index in [1.54, 1.807) is 0 Å². The van der Waals surface area contributed by atoms with Crippen LogP contribution in [0.3, 0.4) is 0 Å². The van der Waals surface area contributed by atoms with Gasteiger partial charge in [0.25, 0.3) is 0 Å². The Labute approximate surface area is 88.9 Å². The lowest BCUT2D eigenvalue weighted by Crippen LogP contribution is -2.31. The molecule has 76 valence electrons. The van der Waals surface area contributed by atoms with E-state index < -0.39 is 5.79 Å². The highest BCUT2D eigenvalue weighted by Crippen LogP contribution is 2.39. The van der Waals surface area contributed by atoms with Crippen LogP contribution in [0.25, 0.3) is 0 Å². The standard InChI is InChI=1S/C8H14O3S2/c1-8(2)10-5-6(13)4(3-12)9-7(5)11-8/h4-7,12-13H,3H2,1-2H3/t4-,5-,6-,7-/m1/s1. The molecule has 2 aliphatic heterocycles. The molecular formula is C8H14O3S2. The van der Waals surface area contributed by atoms with Crippen molar-refractivity contribution >= 4 is 25.3 Å². The quantitative estimate of drug-likeness (QED) is 0.651. The van der Waals surface area contributed by atoms with Gasteiger partial charge >= 0.3 is 0 Å². The summed E-state index contributed by atoms with van der Waals surface area (Å²) in [5.74, 6) is 0.103. The van der Waals surface area contributed by atoms with Crippen molar-refractivity contribution in [1.29, 1.82) is 0 Å². The summed E-state index contributed by atoms with van der Waals surface area (Å²) in [7, 11) is 0. The Balaban J connectivity index is 2.07. The van der Waals surface area contributed by atoms with E-state index in [9.17, 15) is 0 Å². The molecule has 0 aromatic heterocycles. The van der Waals surface area contributed by atoms with Crippen LogP contribution in [-0.2, 0) is 14.2 Å². The highest BCUT2D eigenvalue weighted by molar-refractivity contribution is 7.81. The van der Waals surface area contributed by atoms with Gasteiger partial charge in [0.05, 0.1) is 11.4 Å². The predicted octanol–water partition coefficient (Wildman–Crippen LogP) is 1.09. The fourth-order valence-corrected chi connectivity index (χ4v) is 2.57. The first-order valence-electron chi connectivity index (χ1n) is 4.33. The van der Waals surface area contributed by atoms with Gasteiger partial charge < -0.3 is 14.2 Å². The van der Waals surface area contributed by atoms with Gasteiger partial charge in [-0.05, 0) is 13.8 Å². The Bertz CT molecular complexity index is 210. The second-order valence-corrected chi connectivity index (χ2v) is 4.78. The summed E-state index contributed by atoms with van der Waals surface area (Å²) in [5, 5.41) is 0.0595. The van der Waals surface area contributed by atoms with Gasteiger partial charge in [-0.3, -0.25) is 0 Å². The van der Waals surface area contributed by atoms with Crippen LogP contribution in [0.5, 0.6) is 0 Å². The lowest BCUT2D eigenvalue weighted by molar-refractivity contribution is -0.201. The number of hydrogen-bond donors (Lipinski definition) is 2. The second-order valence-electron chi connectivity index (χ2n) is 3.82. The van der Waals surface area contributed by atoms with E-state index >= 15 is 0 Å². The summed E-state index contributed by atoms with van der Waals surface area (Å²) in [4.78, 5) is 0. The van der Waals surface area contributed by atoms with Crippen LogP contribution < -0.4 is 0 Å². The Hall–Kier alpha value is 0.580. The van der Waals surface area contributed by atoms with Crippen molar-refractivity contribution in [2.45, 2.75) is 43.4 Å². The number of rotatable bonds is 1. The number of hydrogen-bond acceptors (Lipinski definition) is 5. The molecule has 3 nitrogen and oxygen atoms in total. The first kappa shape index (κ1) is 10.1. The molecule has 0 amide bonds. The smallest absolute Gasteiger partial charge is 0.188 e. The molecule has 0 aromatic carbocycles. The lowest BCUT2D eigenvalue weighted by atomic mass is 10.2. The third-order valence-corrected chi connectivity index (χ3v) is 3.28. The maximum Gasteiger partial charge on any atom is 0.188 e. The number of fused-ring (bicyclic) bond motifs is 1. The van der Waals surface area contributed by atoms with Crippen LogP contribution in [0.15, 0.2) is 0 Å². The minimum absolute atomic E-state index is 0.0257. The highest BCUT2D eigenvalue weighted by Gasteiger charge is 2.52. The molecule has 0 aliphatic carbocycles. The fraction of sp³-hybridized carbons (Fsp3) is 1.00. The van der Waals surface area contributed by atoms with Gasteiger partial charge in [0.15, 0.2) is 12.1 Å². The first-order valence-corrected chi connectivity index (χ1v) is 5.48. The second kappa shape index (κ2) is 3.31. The van der Waals surface area contributed by atoms with Crippen LogP contribution >= 0.6 is 25.3 Å². The summed E-state index contributed by atoms with van der Waals surface area (Å²) in [5.41, 5.74) is 0. The molecule has 2 fully saturated rings. The number of thiol groups is 2. The number of ether oxygens (including phenoxy) is 3. The van der Waals surface area contributed by atoms with Crippen molar-refractivity contribution in [3.8, 4) is 0 Å². The molecular weight excluding hydrogens is 208 g/mol. The molecule has 0 aromatic rings. The van der Waals surface area contributed by atoms with Crippen molar-refractivity contribution in [3.63, 3.8) is 0 Å². The minimum Gasteiger partial charge on any atom is -0.344 e. The normalized spacial score (nSPS) is 48.0. The maximum atomic E-state index is 5.66. The van der Waals surface area contributed by atoms with Crippen molar-refractivity contribution in [3.05, 3.63) is 0 Å². The van der Waals surface area contributed by atoms with E-state index in [1.165, 1.54) is 0 Å². The third-order valence-electron chi connectivity index (χ3n) is 2.29. The van der Waals surface area contributed by atoms with Gasteiger partial charge in [-0.2, -0.15) is 25.3 Å². The molecule has 0 unspecified atom stereocenters. The lowest BCUT2D eigenvalue weighted by Gasteiger charge is -2.22.